The van der Waals surface area contributed by atoms with Crippen molar-refractivity contribution in [2.75, 3.05) is 0 Å². The average Bonchev–Trinajstić information content (AvgIpc) is 2.80. The second-order valence-corrected chi connectivity index (χ2v) is 5.61. The Balaban J connectivity index is 2.45. The van der Waals surface area contributed by atoms with Crippen LogP contribution in [-0.2, 0) is 0 Å². The molecule has 0 aliphatic heterocycles. The van der Waals surface area contributed by atoms with Crippen LogP contribution in [0.15, 0.2) is 48.0 Å². The molecule has 3 aromatic rings. The Morgan fingerprint density at radius 1 is 1.17 bits per heavy atom. The van der Waals surface area contributed by atoms with Crippen LogP contribution in [0.25, 0.3) is 22.7 Å². The van der Waals surface area contributed by atoms with Gasteiger partial charge in [0, 0.05) is 11.1 Å². The van der Waals surface area contributed by atoms with Gasteiger partial charge in [-0.25, -0.2) is 4.39 Å². The number of allylic oxidation sites excluding steroid dienone is 1. The molecule has 0 unspecified atom stereocenters. The monoisotopic (exact) mass is 306 g/mol. The van der Waals surface area contributed by atoms with E-state index in [0.29, 0.717) is 16.6 Å². The van der Waals surface area contributed by atoms with E-state index in [2.05, 4.69) is 6.07 Å². The van der Waals surface area contributed by atoms with Crippen LogP contribution in [0.1, 0.15) is 25.1 Å². The van der Waals surface area contributed by atoms with Gasteiger partial charge < -0.3 is 9.67 Å². The Labute approximate surface area is 133 Å². The van der Waals surface area contributed by atoms with Gasteiger partial charge in [0.25, 0.3) is 0 Å². The van der Waals surface area contributed by atoms with Gasteiger partial charge >= 0.3 is 0 Å². The number of aromatic hydroxyl groups is 1. The van der Waals surface area contributed by atoms with E-state index in [1.165, 1.54) is 12.1 Å². The topological polar surface area (TPSA) is 49.0 Å². The fourth-order valence-electron chi connectivity index (χ4n) is 2.69. The lowest BCUT2D eigenvalue weighted by atomic mass is 10.1. The summed E-state index contributed by atoms with van der Waals surface area (Å²) >= 11 is 0. The van der Waals surface area contributed by atoms with E-state index in [0.717, 1.165) is 16.8 Å². The number of halogens is 1. The molecule has 0 aliphatic carbocycles. The number of nitrogens with zero attached hydrogens (tertiary/aromatic N) is 2. The van der Waals surface area contributed by atoms with E-state index in [4.69, 9.17) is 0 Å². The fraction of sp³-hybridized carbons (Fsp3) is 0.105. The lowest BCUT2D eigenvalue weighted by molar-refractivity contribution is 0.475. The largest absolute Gasteiger partial charge is 0.508 e. The van der Waals surface area contributed by atoms with Crippen molar-refractivity contribution in [1.82, 2.24) is 4.57 Å². The normalized spacial score (nSPS) is 10.5. The number of phenols is 1. The van der Waals surface area contributed by atoms with Crippen molar-refractivity contribution in [3.63, 3.8) is 0 Å². The molecule has 0 amide bonds. The summed E-state index contributed by atoms with van der Waals surface area (Å²) < 4.78 is 15.5. The predicted octanol–water partition coefficient (Wildman–Crippen LogP) is 4.77. The first-order chi connectivity index (χ1) is 11.0. The third-order valence-corrected chi connectivity index (χ3v) is 3.61. The van der Waals surface area contributed by atoms with Crippen molar-refractivity contribution < 1.29 is 9.50 Å². The summed E-state index contributed by atoms with van der Waals surface area (Å²) in [5.74, 6) is -0.207. The van der Waals surface area contributed by atoms with E-state index >= 15 is 0 Å². The highest BCUT2D eigenvalue weighted by atomic mass is 19.1. The van der Waals surface area contributed by atoms with Gasteiger partial charge in [-0.3, -0.25) is 0 Å². The number of aromatic nitrogens is 1. The molecule has 23 heavy (non-hydrogen) atoms. The minimum atomic E-state index is -0.374. The molecule has 1 aromatic heterocycles. The van der Waals surface area contributed by atoms with Crippen LogP contribution >= 0.6 is 0 Å². The summed E-state index contributed by atoms with van der Waals surface area (Å²) in [4.78, 5) is 0. The lowest BCUT2D eigenvalue weighted by Crippen LogP contribution is -1.97. The lowest BCUT2D eigenvalue weighted by Gasteiger charge is -2.09. The smallest absolute Gasteiger partial charge is 0.124 e. The van der Waals surface area contributed by atoms with Crippen LogP contribution in [-0.4, -0.2) is 9.67 Å². The molecule has 3 nitrogen and oxygen atoms in total. The van der Waals surface area contributed by atoms with Gasteiger partial charge in [-0.1, -0.05) is 5.57 Å². The average molecular weight is 306 g/mol. The highest BCUT2D eigenvalue weighted by molar-refractivity contribution is 5.92. The van der Waals surface area contributed by atoms with Crippen molar-refractivity contribution in [2.24, 2.45) is 0 Å². The van der Waals surface area contributed by atoms with E-state index < -0.39 is 0 Å². The maximum atomic E-state index is 13.6. The zero-order chi connectivity index (χ0) is 16.6. The zero-order valence-corrected chi connectivity index (χ0v) is 12.8. The Hall–Kier alpha value is -3.06. The second-order valence-electron chi connectivity index (χ2n) is 5.61. The highest BCUT2D eigenvalue weighted by Gasteiger charge is 2.17. The molecule has 0 fully saturated rings. The standard InChI is InChI=1S/C19H15FN2O/c1-12(2)9-19-17(11-21)16-10-13(20)3-8-18(16)22(19)14-4-6-15(23)7-5-14/h3-10,23H,1-2H3. The number of fused-ring (bicyclic) bond motifs is 1. The van der Waals surface area contributed by atoms with Crippen molar-refractivity contribution >= 4 is 17.0 Å². The van der Waals surface area contributed by atoms with Gasteiger partial charge in [0.2, 0.25) is 0 Å². The maximum absolute atomic E-state index is 13.6. The van der Waals surface area contributed by atoms with Crippen molar-refractivity contribution in [3.05, 3.63) is 65.1 Å². The molecular weight excluding hydrogens is 291 g/mol. The zero-order valence-electron chi connectivity index (χ0n) is 12.8. The summed E-state index contributed by atoms with van der Waals surface area (Å²) in [6.45, 7) is 3.89. The summed E-state index contributed by atoms with van der Waals surface area (Å²) in [6, 6.07) is 13.3. The number of phenolic OH excluding ortho intramolecular Hbond substituents is 1. The van der Waals surface area contributed by atoms with Gasteiger partial charge in [0.1, 0.15) is 17.6 Å². The van der Waals surface area contributed by atoms with Gasteiger partial charge in [0.05, 0.1) is 16.8 Å². The van der Waals surface area contributed by atoms with Crippen molar-refractivity contribution in [2.45, 2.75) is 13.8 Å². The second kappa shape index (κ2) is 5.62. The van der Waals surface area contributed by atoms with Crippen LogP contribution < -0.4 is 0 Å². The Kier molecular flexibility index (Phi) is 3.63. The van der Waals surface area contributed by atoms with Crippen LogP contribution in [0.2, 0.25) is 0 Å². The van der Waals surface area contributed by atoms with Gasteiger partial charge in [0.15, 0.2) is 0 Å². The van der Waals surface area contributed by atoms with Gasteiger partial charge in [-0.2, -0.15) is 5.26 Å². The molecule has 0 saturated heterocycles. The SMILES string of the molecule is CC(C)=Cc1c(C#N)c2cc(F)ccc2n1-c1ccc(O)cc1. The third kappa shape index (κ3) is 2.58. The van der Waals surface area contributed by atoms with Gasteiger partial charge in [-0.15, -0.1) is 0 Å². The first kappa shape index (κ1) is 14.9. The minimum absolute atomic E-state index is 0.167. The third-order valence-electron chi connectivity index (χ3n) is 3.61. The number of benzene rings is 2. The van der Waals surface area contributed by atoms with Crippen LogP contribution in [0.3, 0.4) is 0 Å². The first-order valence-electron chi connectivity index (χ1n) is 7.19. The minimum Gasteiger partial charge on any atom is -0.508 e. The quantitative estimate of drug-likeness (QED) is 0.741. The fourth-order valence-corrected chi connectivity index (χ4v) is 2.69. The Morgan fingerprint density at radius 3 is 2.48 bits per heavy atom. The molecule has 0 atom stereocenters. The first-order valence-corrected chi connectivity index (χ1v) is 7.19. The molecule has 1 heterocycles. The number of hydrogen-bond donors (Lipinski definition) is 1. The van der Waals surface area contributed by atoms with E-state index in [-0.39, 0.29) is 11.6 Å². The van der Waals surface area contributed by atoms with Crippen LogP contribution in [0.5, 0.6) is 5.75 Å². The molecule has 114 valence electrons. The number of hydrogen-bond acceptors (Lipinski definition) is 2. The van der Waals surface area contributed by atoms with E-state index in [1.807, 2.05) is 24.5 Å². The van der Waals surface area contributed by atoms with Crippen molar-refractivity contribution in [3.8, 4) is 17.5 Å². The summed E-state index contributed by atoms with van der Waals surface area (Å²) in [5.41, 5.74) is 3.73. The molecule has 1 N–H and O–H groups in total. The maximum Gasteiger partial charge on any atom is 0.124 e. The summed E-state index contributed by atoms with van der Waals surface area (Å²) in [5, 5.41) is 19.6. The van der Waals surface area contributed by atoms with Crippen LogP contribution in [0.4, 0.5) is 4.39 Å². The van der Waals surface area contributed by atoms with E-state index in [1.54, 1.807) is 30.3 Å². The molecular formula is C19H15FN2O. The summed E-state index contributed by atoms with van der Waals surface area (Å²) in [6.07, 6.45) is 1.91. The number of rotatable bonds is 2. The molecule has 0 radical (unpaired) electrons. The molecule has 4 heteroatoms. The molecule has 0 aliphatic rings. The van der Waals surface area contributed by atoms with Crippen molar-refractivity contribution in [1.29, 1.82) is 5.26 Å². The molecule has 2 aromatic carbocycles. The van der Waals surface area contributed by atoms with Gasteiger partial charge in [-0.05, 0) is 62.4 Å². The van der Waals surface area contributed by atoms with Crippen LogP contribution in [0, 0.1) is 17.1 Å². The molecule has 3 rings (SSSR count). The highest BCUT2D eigenvalue weighted by Crippen LogP contribution is 2.31. The Bertz CT molecular complexity index is 956. The Morgan fingerprint density at radius 2 is 1.87 bits per heavy atom. The predicted molar refractivity (Wildman–Crippen MR) is 88.9 cm³/mol. The number of nitriles is 1. The molecule has 0 spiro atoms. The molecule has 0 saturated carbocycles. The summed E-state index contributed by atoms with van der Waals surface area (Å²) in [7, 11) is 0. The molecule has 0 bridgehead atoms. The van der Waals surface area contributed by atoms with E-state index in [9.17, 15) is 14.8 Å².